The second kappa shape index (κ2) is 5.55. The lowest BCUT2D eigenvalue weighted by molar-refractivity contribution is -0.142. The van der Waals surface area contributed by atoms with Gasteiger partial charge in [-0.2, -0.15) is 5.06 Å². The number of para-hydroxylation sites is 1. The van der Waals surface area contributed by atoms with Gasteiger partial charge in [0, 0.05) is 6.08 Å². The summed E-state index contributed by atoms with van der Waals surface area (Å²) >= 11 is 0. The number of rotatable bonds is 5. The number of hydroxylamine groups is 1. The molecule has 0 atom stereocenters. The Hall–Kier alpha value is -2.30. The highest BCUT2D eigenvalue weighted by Crippen LogP contribution is 2.13. The quantitative estimate of drug-likeness (QED) is 0.598. The molecule has 5 heteroatoms. The molecule has 0 heterocycles. The van der Waals surface area contributed by atoms with Crippen LogP contribution in [0.5, 0.6) is 0 Å². The van der Waals surface area contributed by atoms with Gasteiger partial charge in [0.1, 0.15) is 0 Å². The second-order valence-corrected chi connectivity index (χ2v) is 2.88. The number of carboxylic acid groups (broad SMARTS) is 1. The number of nitrogens with zero attached hydrogens (tertiary/aromatic N) is 1. The Morgan fingerprint density at radius 2 is 2.00 bits per heavy atom. The molecule has 0 radical (unpaired) electrons. The van der Waals surface area contributed by atoms with Crippen molar-refractivity contribution in [1.29, 1.82) is 0 Å². The third-order valence-corrected chi connectivity index (χ3v) is 1.69. The van der Waals surface area contributed by atoms with Crippen molar-refractivity contribution in [2.75, 3.05) is 11.6 Å². The first kappa shape index (κ1) is 11.8. The molecule has 0 aromatic heterocycles. The van der Waals surface area contributed by atoms with E-state index in [4.69, 9.17) is 9.94 Å². The van der Waals surface area contributed by atoms with Gasteiger partial charge in [-0.05, 0) is 12.1 Å². The van der Waals surface area contributed by atoms with Gasteiger partial charge in [-0.25, -0.2) is 4.79 Å². The standard InChI is InChI=1S/C11H11NO4/c1-2-11(15)16-12(8-10(13)14)9-6-4-3-5-7-9/h2-7H,1,8H2,(H,13,14). The normalized spacial score (nSPS) is 9.25. The number of hydrogen-bond acceptors (Lipinski definition) is 4. The maximum Gasteiger partial charge on any atom is 0.355 e. The van der Waals surface area contributed by atoms with E-state index in [1.165, 1.54) is 0 Å². The van der Waals surface area contributed by atoms with Gasteiger partial charge in [0.15, 0.2) is 6.54 Å². The lowest BCUT2D eigenvalue weighted by Crippen LogP contribution is -2.31. The van der Waals surface area contributed by atoms with E-state index in [0.29, 0.717) is 5.69 Å². The van der Waals surface area contributed by atoms with Crippen LogP contribution in [-0.4, -0.2) is 23.6 Å². The molecule has 0 aliphatic rings. The summed E-state index contributed by atoms with van der Waals surface area (Å²) < 4.78 is 0. The molecule has 0 aliphatic heterocycles. The summed E-state index contributed by atoms with van der Waals surface area (Å²) in [4.78, 5) is 26.4. The van der Waals surface area contributed by atoms with Crippen LogP contribution < -0.4 is 5.06 Å². The Morgan fingerprint density at radius 1 is 1.38 bits per heavy atom. The van der Waals surface area contributed by atoms with Crippen molar-refractivity contribution in [3.8, 4) is 0 Å². The third kappa shape index (κ3) is 3.45. The van der Waals surface area contributed by atoms with Crippen LogP contribution in [0.2, 0.25) is 0 Å². The number of hydrogen-bond donors (Lipinski definition) is 1. The number of benzene rings is 1. The van der Waals surface area contributed by atoms with Crippen molar-refractivity contribution >= 4 is 17.6 Å². The number of aliphatic carboxylic acids is 1. The number of carbonyl (C=O) groups is 2. The molecule has 1 N–H and O–H groups in total. The Morgan fingerprint density at radius 3 is 2.50 bits per heavy atom. The van der Waals surface area contributed by atoms with Crippen LogP contribution in [0.1, 0.15) is 0 Å². The number of carboxylic acids is 1. The molecule has 0 unspecified atom stereocenters. The van der Waals surface area contributed by atoms with E-state index in [-0.39, 0.29) is 0 Å². The summed E-state index contributed by atoms with van der Waals surface area (Å²) in [6, 6.07) is 8.48. The summed E-state index contributed by atoms with van der Waals surface area (Å²) in [7, 11) is 0. The molecule has 5 nitrogen and oxygen atoms in total. The smallest absolute Gasteiger partial charge is 0.355 e. The highest BCUT2D eigenvalue weighted by atomic mass is 16.7. The van der Waals surface area contributed by atoms with Gasteiger partial charge in [0.05, 0.1) is 5.69 Å². The van der Waals surface area contributed by atoms with Crippen LogP contribution in [0.25, 0.3) is 0 Å². The first-order chi connectivity index (χ1) is 7.63. The third-order valence-electron chi connectivity index (χ3n) is 1.69. The van der Waals surface area contributed by atoms with E-state index in [1.807, 2.05) is 0 Å². The first-order valence-corrected chi connectivity index (χ1v) is 4.52. The van der Waals surface area contributed by atoms with Crippen molar-refractivity contribution in [2.45, 2.75) is 0 Å². The van der Waals surface area contributed by atoms with Crippen LogP contribution >= 0.6 is 0 Å². The lowest BCUT2D eigenvalue weighted by Gasteiger charge is -2.20. The second-order valence-electron chi connectivity index (χ2n) is 2.88. The fraction of sp³-hybridized carbons (Fsp3) is 0.0909. The fourth-order valence-electron chi connectivity index (χ4n) is 1.04. The predicted molar refractivity (Wildman–Crippen MR) is 57.7 cm³/mol. The molecule has 0 saturated heterocycles. The van der Waals surface area contributed by atoms with Crippen molar-refractivity contribution in [2.24, 2.45) is 0 Å². The monoisotopic (exact) mass is 221 g/mol. The minimum atomic E-state index is -1.10. The minimum absolute atomic E-state index is 0.427. The Kier molecular flexibility index (Phi) is 4.08. The zero-order valence-corrected chi connectivity index (χ0v) is 8.50. The van der Waals surface area contributed by atoms with E-state index in [2.05, 4.69) is 6.58 Å². The van der Waals surface area contributed by atoms with Crippen molar-refractivity contribution in [1.82, 2.24) is 0 Å². The maximum absolute atomic E-state index is 11.0. The SMILES string of the molecule is C=CC(=O)ON(CC(=O)O)c1ccccc1. The van der Waals surface area contributed by atoms with Crippen molar-refractivity contribution < 1.29 is 19.5 Å². The van der Waals surface area contributed by atoms with Gasteiger partial charge in [-0.3, -0.25) is 4.79 Å². The maximum atomic E-state index is 11.0. The van der Waals surface area contributed by atoms with Crippen LogP contribution in [-0.2, 0) is 14.4 Å². The summed E-state index contributed by atoms with van der Waals surface area (Å²) in [6.45, 7) is 2.81. The van der Waals surface area contributed by atoms with E-state index < -0.39 is 18.5 Å². The molecule has 0 aliphatic carbocycles. The van der Waals surface area contributed by atoms with Gasteiger partial charge in [-0.1, -0.05) is 24.8 Å². The molecule has 16 heavy (non-hydrogen) atoms. The highest BCUT2D eigenvalue weighted by Gasteiger charge is 2.14. The number of anilines is 1. The fourth-order valence-corrected chi connectivity index (χ4v) is 1.04. The minimum Gasteiger partial charge on any atom is -0.480 e. The average molecular weight is 221 g/mol. The van der Waals surface area contributed by atoms with Crippen LogP contribution in [0.15, 0.2) is 43.0 Å². The van der Waals surface area contributed by atoms with Crippen LogP contribution in [0.4, 0.5) is 5.69 Å². The Labute approximate surface area is 92.5 Å². The van der Waals surface area contributed by atoms with Gasteiger partial charge in [0.25, 0.3) is 0 Å². The van der Waals surface area contributed by atoms with E-state index >= 15 is 0 Å². The predicted octanol–water partition coefficient (Wildman–Crippen LogP) is 1.22. The average Bonchev–Trinajstić information content (AvgIpc) is 2.28. The molecule has 84 valence electrons. The molecular formula is C11H11NO4. The van der Waals surface area contributed by atoms with E-state index in [0.717, 1.165) is 11.1 Å². The molecule has 0 amide bonds. The van der Waals surface area contributed by atoms with Crippen LogP contribution in [0.3, 0.4) is 0 Å². The molecule has 0 bridgehead atoms. The Balaban J connectivity index is 2.83. The summed E-state index contributed by atoms with van der Waals surface area (Å²) in [5.41, 5.74) is 0.486. The summed E-state index contributed by atoms with van der Waals surface area (Å²) in [6.07, 6.45) is 0.970. The molecule has 0 spiro atoms. The van der Waals surface area contributed by atoms with Crippen LogP contribution in [0, 0.1) is 0 Å². The first-order valence-electron chi connectivity index (χ1n) is 4.52. The molecule has 1 aromatic carbocycles. The van der Waals surface area contributed by atoms with Gasteiger partial charge in [0.2, 0.25) is 0 Å². The molecule has 1 aromatic rings. The lowest BCUT2D eigenvalue weighted by atomic mass is 10.3. The van der Waals surface area contributed by atoms with Gasteiger partial charge < -0.3 is 9.94 Å². The summed E-state index contributed by atoms with van der Waals surface area (Å²) in [5.74, 6) is -1.80. The van der Waals surface area contributed by atoms with Gasteiger partial charge >= 0.3 is 11.9 Å². The number of carbonyl (C=O) groups excluding carboxylic acids is 1. The zero-order chi connectivity index (χ0) is 12.0. The molecule has 0 saturated carbocycles. The van der Waals surface area contributed by atoms with E-state index in [1.54, 1.807) is 30.3 Å². The zero-order valence-electron chi connectivity index (χ0n) is 8.50. The van der Waals surface area contributed by atoms with E-state index in [9.17, 15) is 9.59 Å². The Bertz CT molecular complexity index is 388. The molecular weight excluding hydrogens is 210 g/mol. The van der Waals surface area contributed by atoms with Gasteiger partial charge in [-0.15, -0.1) is 0 Å². The molecule has 0 fully saturated rings. The molecule has 1 rings (SSSR count). The van der Waals surface area contributed by atoms with Crippen molar-refractivity contribution in [3.63, 3.8) is 0 Å². The largest absolute Gasteiger partial charge is 0.480 e. The summed E-state index contributed by atoms with van der Waals surface area (Å²) in [5, 5.41) is 9.66. The highest BCUT2D eigenvalue weighted by molar-refractivity contribution is 5.83. The van der Waals surface area contributed by atoms with Crippen molar-refractivity contribution in [3.05, 3.63) is 43.0 Å². The topological polar surface area (TPSA) is 66.8 Å².